The monoisotopic (exact) mass is 496 g/mol. The number of benzene rings is 3. The Labute approximate surface area is 194 Å². The molecule has 0 saturated heterocycles. The van der Waals surface area contributed by atoms with E-state index in [1.54, 1.807) is 30.3 Å². The number of carbonyl (C=O) groups is 1. The minimum Gasteiger partial charge on any atom is -0.368 e. The molecule has 0 aliphatic rings. The first-order chi connectivity index (χ1) is 15.5. The van der Waals surface area contributed by atoms with E-state index in [1.165, 1.54) is 36.4 Å². The summed E-state index contributed by atoms with van der Waals surface area (Å²) in [5.74, 6) is -0.883. The molecule has 0 aliphatic carbocycles. The molecule has 2 N–H and O–H groups in total. The Morgan fingerprint density at radius 1 is 0.939 bits per heavy atom. The summed E-state index contributed by atoms with van der Waals surface area (Å²) in [6.07, 6.45) is -4.42. The largest absolute Gasteiger partial charge is 0.416 e. The predicted molar refractivity (Wildman–Crippen MR) is 119 cm³/mol. The second-order valence-corrected chi connectivity index (χ2v) is 9.56. The van der Waals surface area contributed by atoms with Gasteiger partial charge in [0.2, 0.25) is 15.9 Å². The van der Waals surface area contributed by atoms with Crippen LogP contribution in [0.4, 0.5) is 13.2 Å². The molecule has 3 aromatic rings. The summed E-state index contributed by atoms with van der Waals surface area (Å²) in [6, 6.07) is 16.7. The van der Waals surface area contributed by atoms with Crippen molar-refractivity contribution in [3.63, 3.8) is 0 Å². The van der Waals surface area contributed by atoms with Gasteiger partial charge in [-0.25, -0.2) is 8.42 Å². The molecule has 0 aliphatic heterocycles. The number of nitrogens with two attached hydrogens (primary N) is 1. The van der Waals surface area contributed by atoms with Gasteiger partial charge in [0.1, 0.15) is 6.04 Å². The van der Waals surface area contributed by atoms with E-state index in [9.17, 15) is 26.4 Å². The molecule has 174 valence electrons. The molecule has 5 nitrogen and oxygen atoms in total. The fourth-order valence-electron chi connectivity index (χ4n) is 3.34. The lowest BCUT2D eigenvalue weighted by Gasteiger charge is -2.29. The van der Waals surface area contributed by atoms with E-state index in [0.717, 1.165) is 16.4 Å². The highest BCUT2D eigenvalue weighted by molar-refractivity contribution is 7.89. The summed E-state index contributed by atoms with van der Waals surface area (Å²) in [4.78, 5) is 12.3. The summed E-state index contributed by atoms with van der Waals surface area (Å²) in [7, 11) is -4.22. The molecule has 1 atom stereocenters. The van der Waals surface area contributed by atoms with Crippen molar-refractivity contribution < 1.29 is 26.4 Å². The molecule has 3 rings (SSSR count). The predicted octanol–water partition coefficient (Wildman–Crippen LogP) is 4.82. The number of primary amides is 1. The molecular weight excluding hydrogens is 477 g/mol. The van der Waals surface area contributed by atoms with Crippen LogP contribution >= 0.6 is 11.6 Å². The zero-order valence-corrected chi connectivity index (χ0v) is 18.7. The Kier molecular flexibility index (Phi) is 7.46. The third kappa shape index (κ3) is 5.93. The summed E-state index contributed by atoms with van der Waals surface area (Å²) < 4.78 is 66.5. The quantitative estimate of drug-likeness (QED) is 0.485. The maximum Gasteiger partial charge on any atom is 0.416 e. The summed E-state index contributed by atoms with van der Waals surface area (Å²) in [5.41, 5.74) is 5.64. The van der Waals surface area contributed by atoms with Crippen molar-refractivity contribution >= 4 is 27.5 Å². The summed E-state index contributed by atoms with van der Waals surface area (Å²) >= 11 is 5.87. The van der Waals surface area contributed by atoms with Crippen LogP contribution in [0.5, 0.6) is 0 Å². The van der Waals surface area contributed by atoms with Crippen molar-refractivity contribution in [2.75, 3.05) is 6.54 Å². The van der Waals surface area contributed by atoms with Gasteiger partial charge >= 0.3 is 6.18 Å². The second-order valence-electron chi connectivity index (χ2n) is 7.23. The Hall–Kier alpha value is -2.88. The number of carbonyl (C=O) groups excluding carboxylic acids is 1. The zero-order valence-electron chi connectivity index (χ0n) is 17.2. The van der Waals surface area contributed by atoms with Gasteiger partial charge in [-0.1, -0.05) is 54.1 Å². The number of hydrogen-bond donors (Lipinski definition) is 1. The molecule has 0 spiro atoms. The van der Waals surface area contributed by atoms with Gasteiger partial charge in [0.15, 0.2) is 0 Å². The molecule has 0 bridgehead atoms. The van der Waals surface area contributed by atoms with Crippen LogP contribution in [0, 0.1) is 0 Å². The molecule has 10 heteroatoms. The number of amides is 1. The first kappa shape index (κ1) is 24.8. The first-order valence-corrected chi connectivity index (χ1v) is 11.6. The van der Waals surface area contributed by atoms with Gasteiger partial charge in [-0.15, -0.1) is 0 Å². The van der Waals surface area contributed by atoms with Crippen molar-refractivity contribution in [1.29, 1.82) is 0 Å². The highest BCUT2D eigenvalue weighted by Gasteiger charge is 2.36. The van der Waals surface area contributed by atoms with E-state index in [2.05, 4.69) is 0 Å². The first-order valence-electron chi connectivity index (χ1n) is 9.78. The number of hydrogen-bond acceptors (Lipinski definition) is 3. The van der Waals surface area contributed by atoms with Gasteiger partial charge in [0.25, 0.3) is 0 Å². The van der Waals surface area contributed by atoms with Crippen LogP contribution in [0.15, 0.2) is 83.8 Å². The number of alkyl halides is 3. The highest BCUT2D eigenvalue weighted by Crippen LogP contribution is 2.31. The minimum absolute atomic E-state index is 0.0571. The molecule has 0 unspecified atom stereocenters. The molecule has 0 radical (unpaired) electrons. The van der Waals surface area contributed by atoms with E-state index in [4.69, 9.17) is 17.3 Å². The third-order valence-electron chi connectivity index (χ3n) is 5.00. The Morgan fingerprint density at radius 2 is 1.52 bits per heavy atom. The number of halogens is 4. The normalized spacial score (nSPS) is 13.1. The molecule has 0 saturated carbocycles. The van der Waals surface area contributed by atoms with E-state index in [1.807, 2.05) is 0 Å². The Bertz CT molecular complexity index is 1200. The van der Waals surface area contributed by atoms with E-state index < -0.39 is 33.7 Å². The standard InChI is InChI=1S/C23H20ClF3N2O3S/c24-19-10-12-20(13-11-19)33(31,32)29(21(22(28)30)17-4-2-1-3-5-17)15-14-16-6-8-18(9-7-16)23(25,26)27/h1-13,21H,14-15H2,(H2,28,30)/t21-/m1/s1. The topological polar surface area (TPSA) is 80.5 Å². The lowest BCUT2D eigenvalue weighted by Crippen LogP contribution is -2.42. The number of rotatable bonds is 8. The van der Waals surface area contributed by atoms with Crippen LogP contribution in [0.25, 0.3) is 0 Å². The zero-order chi connectivity index (χ0) is 24.2. The number of nitrogens with zero attached hydrogens (tertiary/aromatic N) is 1. The van der Waals surface area contributed by atoms with Gasteiger partial charge in [-0.2, -0.15) is 17.5 Å². The third-order valence-corrected chi connectivity index (χ3v) is 7.13. The second kappa shape index (κ2) is 9.94. The van der Waals surface area contributed by atoms with E-state index in [-0.39, 0.29) is 17.9 Å². The molecule has 33 heavy (non-hydrogen) atoms. The van der Waals surface area contributed by atoms with Crippen LogP contribution in [-0.2, 0) is 27.4 Å². The maximum absolute atomic E-state index is 13.5. The molecule has 1 amide bonds. The molecule has 0 fully saturated rings. The fraction of sp³-hybridized carbons (Fsp3) is 0.174. The molecule has 0 aromatic heterocycles. The Morgan fingerprint density at radius 3 is 2.03 bits per heavy atom. The fourth-order valence-corrected chi connectivity index (χ4v) is 5.05. The van der Waals surface area contributed by atoms with Crippen LogP contribution in [0.2, 0.25) is 5.02 Å². The van der Waals surface area contributed by atoms with Crippen LogP contribution in [0.3, 0.4) is 0 Å². The molecular formula is C23H20ClF3N2O3S. The molecule has 0 heterocycles. The summed E-state index contributed by atoms with van der Waals surface area (Å²) in [5, 5.41) is 0.333. The highest BCUT2D eigenvalue weighted by atomic mass is 35.5. The van der Waals surface area contributed by atoms with Crippen LogP contribution in [-0.4, -0.2) is 25.2 Å². The summed E-state index contributed by atoms with van der Waals surface area (Å²) in [6.45, 7) is -0.196. The lowest BCUT2D eigenvalue weighted by molar-refractivity contribution is -0.137. The smallest absolute Gasteiger partial charge is 0.368 e. The minimum atomic E-state index is -4.48. The molecule has 3 aromatic carbocycles. The lowest BCUT2D eigenvalue weighted by atomic mass is 10.1. The van der Waals surface area contributed by atoms with Gasteiger partial charge in [0, 0.05) is 11.6 Å². The van der Waals surface area contributed by atoms with Gasteiger partial charge in [0.05, 0.1) is 10.5 Å². The number of sulfonamides is 1. The van der Waals surface area contributed by atoms with Crippen molar-refractivity contribution in [3.8, 4) is 0 Å². The maximum atomic E-state index is 13.5. The average Bonchev–Trinajstić information content (AvgIpc) is 2.76. The Balaban J connectivity index is 1.99. The van der Waals surface area contributed by atoms with E-state index >= 15 is 0 Å². The van der Waals surface area contributed by atoms with Gasteiger partial charge < -0.3 is 5.73 Å². The van der Waals surface area contributed by atoms with Crippen molar-refractivity contribution in [2.45, 2.75) is 23.5 Å². The van der Waals surface area contributed by atoms with E-state index in [0.29, 0.717) is 16.1 Å². The van der Waals surface area contributed by atoms with Gasteiger partial charge in [-0.3, -0.25) is 4.79 Å². The van der Waals surface area contributed by atoms with Crippen LogP contribution < -0.4 is 5.73 Å². The average molecular weight is 497 g/mol. The van der Waals surface area contributed by atoms with Crippen molar-refractivity contribution in [1.82, 2.24) is 4.31 Å². The van der Waals surface area contributed by atoms with Crippen LogP contribution in [0.1, 0.15) is 22.7 Å². The van der Waals surface area contributed by atoms with Gasteiger partial charge in [-0.05, 0) is 53.9 Å². The van der Waals surface area contributed by atoms with Crippen molar-refractivity contribution in [2.24, 2.45) is 5.73 Å². The van der Waals surface area contributed by atoms with Crippen molar-refractivity contribution in [3.05, 3.63) is 101 Å². The SMILES string of the molecule is NC(=O)[C@@H](c1ccccc1)N(CCc1ccc(C(F)(F)F)cc1)S(=O)(=O)c1ccc(Cl)cc1.